The van der Waals surface area contributed by atoms with Gasteiger partial charge in [0.15, 0.2) is 0 Å². The lowest BCUT2D eigenvalue weighted by Crippen LogP contribution is -2.27. The zero-order chi connectivity index (χ0) is 9.84. The predicted molar refractivity (Wildman–Crippen MR) is 50.0 cm³/mol. The third-order valence-electron chi connectivity index (χ3n) is 1.66. The molecular weight excluding hydrogens is 166 g/mol. The molecular formula is C9H13N3O. The summed E-state index contributed by atoms with van der Waals surface area (Å²) in [5.74, 6) is 0.596. The first-order valence-electron chi connectivity index (χ1n) is 4.07. The lowest BCUT2D eigenvalue weighted by Gasteiger charge is -2.10. The van der Waals surface area contributed by atoms with Crippen LogP contribution in [-0.2, 0) is 4.79 Å². The highest BCUT2D eigenvalue weighted by atomic mass is 16.1. The van der Waals surface area contributed by atoms with Crippen molar-refractivity contribution in [2.75, 3.05) is 0 Å². The zero-order valence-electron chi connectivity index (χ0n) is 7.79. The van der Waals surface area contributed by atoms with Crippen LogP contribution < -0.4 is 5.32 Å². The van der Waals surface area contributed by atoms with Gasteiger partial charge in [0, 0.05) is 18.0 Å². The fraction of sp³-hybridized carbons (Fsp3) is 0.333. The van der Waals surface area contributed by atoms with Crippen molar-refractivity contribution in [2.24, 2.45) is 0 Å². The lowest BCUT2D eigenvalue weighted by atomic mass is 10.2. The Balaban J connectivity index is 2.56. The number of aromatic amines is 1. The number of amides is 1. The summed E-state index contributed by atoms with van der Waals surface area (Å²) in [6, 6.07) is -0.112. The minimum atomic E-state index is -0.149. The van der Waals surface area contributed by atoms with Crippen LogP contribution in [-0.4, -0.2) is 15.9 Å². The van der Waals surface area contributed by atoms with E-state index in [2.05, 4.69) is 21.9 Å². The minimum absolute atomic E-state index is 0.112. The van der Waals surface area contributed by atoms with Crippen molar-refractivity contribution >= 4 is 5.91 Å². The molecule has 0 aromatic carbocycles. The first kappa shape index (κ1) is 9.51. The number of nitrogens with zero attached hydrogens (tertiary/aromatic N) is 1. The molecule has 1 aromatic rings. The summed E-state index contributed by atoms with van der Waals surface area (Å²) in [6.07, 6.45) is 3.37. The normalized spacial score (nSPS) is 12.2. The molecule has 1 unspecified atom stereocenters. The Morgan fingerprint density at radius 1 is 1.77 bits per heavy atom. The van der Waals surface area contributed by atoms with E-state index in [1.807, 2.05) is 6.92 Å². The quantitative estimate of drug-likeness (QED) is 0.684. The second-order valence-corrected chi connectivity index (χ2v) is 2.95. The van der Waals surface area contributed by atoms with E-state index in [-0.39, 0.29) is 11.9 Å². The highest BCUT2D eigenvalue weighted by Crippen LogP contribution is 2.05. The Morgan fingerprint density at radius 3 is 2.92 bits per heavy atom. The van der Waals surface area contributed by atoms with Gasteiger partial charge in [-0.05, 0) is 13.8 Å². The van der Waals surface area contributed by atoms with Gasteiger partial charge in [0.05, 0.1) is 6.04 Å². The number of aromatic nitrogens is 2. The van der Waals surface area contributed by atoms with E-state index in [9.17, 15) is 4.79 Å². The van der Waals surface area contributed by atoms with Crippen LogP contribution in [0.1, 0.15) is 25.7 Å². The van der Waals surface area contributed by atoms with E-state index in [4.69, 9.17) is 0 Å². The monoisotopic (exact) mass is 179 g/mol. The van der Waals surface area contributed by atoms with Crippen LogP contribution in [0.5, 0.6) is 0 Å². The highest BCUT2D eigenvalue weighted by molar-refractivity contribution is 5.92. The molecule has 70 valence electrons. The molecule has 1 rings (SSSR count). The molecule has 4 nitrogen and oxygen atoms in total. The van der Waals surface area contributed by atoms with Crippen LogP contribution in [0.3, 0.4) is 0 Å². The molecule has 0 aliphatic carbocycles. The second-order valence-electron chi connectivity index (χ2n) is 2.95. The second kappa shape index (κ2) is 3.89. The Bertz CT molecular complexity index is 303. The van der Waals surface area contributed by atoms with Gasteiger partial charge < -0.3 is 10.3 Å². The molecule has 2 N–H and O–H groups in total. The van der Waals surface area contributed by atoms with Crippen molar-refractivity contribution in [2.45, 2.75) is 19.9 Å². The molecule has 1 heterocycles. The van der Waals surface area contributed by atoms with Crippen molar-refractivity contribution in [3.63, 3.8) is 0 Å². The number of rotatable bonds is 3. The van der Waals surface area contributed by atoms with E-state index in [1.54, 1.807) is 19.3 Å². The van der Waals surface area contributed by atoms with Gasteiger partial charge in [-0.2, -0.15) is 0 Å². The topological polar surface area (TPSA) is 57.8 Å². The van der Waals surface area contributed by atoms with Crippen LogP contribution >= 0.6 is 0 Å². The van der Waals surface area contributed by atoms with Crippen LogP contribution in [0.2, 0.25) is 0 Å². The largest absolute Gasteiger partial charge is 0.347 e. The fourth-order valence-corrected chi connectivity index (χ4v) is 0.902. The molecule has 1 aromatic heterocycles. The molecule has 1 amide bonds. The molecule has 0 fully saturated rings. The van der Waals surface area contributed by atoms with Gasteiger partial charge in [0.2, 0.25) is 5.91 Å². The average Bonchev–Trinajstić information content (AvgIpc) is 2.55. The van der Waals surface area contributed by atoms with Crippen molar-refractivity contribution < 1.29 is 4.79 Å². The summed E-state index contributed by atoms with van der Waals surface area (Å²) in [4.78, 5) is 18.2. The smallest absolute Gasteiger partial charge is 0.246 e. The summed E-state index contributed by atoms with van der Waals surface area (Å²) >= 11 is 0. The summed E-state index contributed by atoms with van der Waals surface area (Å²) < 4.78 is 0. The van der Waals surface area contributed by atoms with Crippen molar-refractivity contribution in [3.05, 3.63) is 30.4 Å². The number of imidazole rings is 1. The van der Waals surface area contributed by atoms with E-state index in [0.717, 1.165) is 5.82 Å². The Hall–Kier alpha value is -1.58. The van der Waals surface area contributed by atoms with Gasteiger partial charge in [-0.3, -0.25) is 4.79 Å². The molecule has 13 heavy (non-hydrogen) atoms. The third kappa shape index (κ3) is 2.43. The van der Waals surface area contributed by atoms with Crippen LogP contribution in [0, 0.1) is 0 Å². The maximum Gasteiger partial charge on any atom is 0.246 e. The fourth-order valence-electron chi connectivity index (χ4n) is 0.902. The number of carbonyl (C=O) groups is 1. The van der Waals surface area contributed by atoms with Gasteiger partial charge in [-0.25, -0.2) is 4.98 Å². The maximum absolute atomic E-state index is 11.2. The number of nitrogens with one attached hydrogen (secondary N) is 2. The molecule has 1 atom stereocenters. The summed E-state index contributed by atoms with van der Waals surface area (Å²) in [6.45, 7) is 7.08. The Morgan fingerprint density at radius 2 is 2.46 bits per heavy atom. The molecule has 0 radical (unpaired) electrons. The van der Waals surface area contributed by atoms with Gasteiger partial charge >= 0.3 is 0 Å². The number of hydrogen-bond donors (Lipinski definition) is 2. The molecule has 0 saturated carbocycles. The number of H-pyrrole nitrogens is 1. The van der Waals surface area contributed by atoms with Crippen LogP contribution in [0.25, 0.3) is 0 Å². The molecule has 0 aliphatic rings. The molecule has 0 aliphatic heterocycles. The Kier molecular flexibility index (Phi) is 2.84. The van der Waals surface area contributed by atoms with E-state index in [1.165, 1.54) is 0 Å². The lowest BCUT2D eigenvalue weighted by molar-refractivity contribution is -0.118. The third-order valence-corrected chi connectivity index (χ3v) is 1.66. The van der Waals surface area contributed by atoms with Crippen LogP contribution in [0.4, 0.5) is 0 Å². The molecule has 0 spiro atoms. The molecule has 4 heteroatoms. The van der Waals surface area contributed by atoms with Crippen molar-refractivity contribution in [1.82, 2.24) is 15.3 Å². The van der Waals surface area contributed by atoms with Crippen molar-refractivity contribution in [1.29, 1.82) is 0 Å². The average molecular weight is 179 g/mol. The predicted octanol–water partition coefficient (Wildman–Crippen LogP) is 1.16. The van der Waals surface area contributed by atoms with Gasteiger partial charge in [-0.1, -0.05) is 6.58 Å². The Labute approximate surface area is 77.1 Å². The van der Waals surface area contributed by atoms with E-state index < -0.39 is 0 Å². The summed E-state index contributed by atoms with van der Waals surface area (Å²) in [5.41, 5.74) is 0.499. The summed E-state index contributed by atoms with van der Waals surface area (Å²) in [7, 11) is 0. The zero-order valence-corrected chi connectivity index (χ0v) is 7.79. The van der Waals surface area contributed by atoms with Gasteiger partial charge in [-0.15, -0.1) is 0 Å². The standard InChI is InChI=1S/C9H13N3O/c1-6(2)9(13)12-7(3)8-10-4-5-11-8/h4-5,7H,1H2,2-3H3,(H,10,11)(H,12,13). The number of hydrogen-bond acceptors (Lipinski definition) is 2. The first-order chi connectivity index (χ1) is 6.11. The van der Waals surface area contributed by atoms with E-state index in [0.29, 0.717) is 5.57 Å². The van der Waals surface area contributed by atoms with Crippen molar-refractivity contribution in [3.8, 4) is 0 Å². The maximum atomic E-state index is 11.2. The van der Waals surface area contributed by atoms with Crippen LogP contribution in [0.15, 0.2) is 24.5 Å². The molecule has 0 bridgehead atoms. The van der Waals surface area contributed by atoms with E-state index >= 15 is 0 Å². The summed E-state index contributed by atoms with van der Waals surface area (Å²) in [5, 5.41) is 2.75. The SMILES string of the molecule is C=C(C)C(=O)NC(C)c1ncc[nH]1. The minimum Gasteiger partial charge on any atom is -0.347 e. The molecule has 0 saturated heterocycles. The van der Waals surface area contributed by atoms with Gasteiger partial charge in [0.1, 0.15) is 5.82 Å². The highest BCUT2D eigenvalue weighted by Gasteiger charge is 2.10. The number of carbonyl (C=O) groups excluding carboxylic acids is 1. The first-order valence-corrected chi connectivity index (χ1v) is 4.07. The van der Waals surface area contributed by atoms with Gasteiger partial charge in [0.25, 0.3) is 0 Å².